The van der Waals surface area contributed by atoms with Crippen molar-refractivity contribution in [3.63, 3.8) is 0 Å². The summed E-state index contributed by atoms with van der Waals surface area (Å²) in [4.78, 5) is 16.5. The number of rotatable bonds is 4. The minimum atomic E-state index is -0.113. The molecule has 0 radical (unpaired) electrons. The Hall–Kier alpha value is -2.68. The van der Waals surface area contributed by atoms with Crippen LogP contribution in [-0.2, 0) is 6.54 Å². The summed E-state index contributed by atoms with van der Waals surface area (Å²) in [5.41, 5.74) is 1.58. The second kappa shape index (κ2) is 8.77. The normalized spacial score (nSPS) is 14.8. The monoisotopic (exact) mass is 431 g/mol. The third kappa shape index (κ3) is 4.84. The van der Waals surface area contributed by atoms with Gasteiger partial charge in [0, 0.05) is 41.9 Å². The molecule has 2 heterocycles. The first-order chi connectivity index (χ1) is 14.1. The zero-order valence-corrected chi connectivity index (χ0v) is 17.0. The number of piperazine rings is 1. The molecule has 3 aromatic rings. The van der Waals surface area contributed by atoms with Gasteiger partial charge in [-0.25, -0.2) is 4.79 Å². The predicted octanol–water partition coefficient (Wildman–Crippen LogP) is 3.32. The molecule has 0 aliphatic carbocycles. The highest BCUT2D eigenvalue weighted by Crippen LogP contribution is 2.16. The number of urea groups is 1. The van der Waals surface area contributed by atoms with Crippen LogP contribution in [0.5, 0.6) is 0 Å². The summed E-state index contributed by atoms with van der Waals surface area (Å²) in [5.74, 6) is 0.742. The van der Waals surface area contributed by atoms with Crippen LogP contribution in [0.3, 0.4) is 0 Å². The number of nitrogens with one attached hydrogen (secondary N) is 1. The van der Waals surface area contributed by atoms with E-state index in [2.05, 4.69) is 25.7 Å². The van der Waals surface area contributed by atoms with Crippen molar-refractivity contribution in [2.24, 2.45) is 0 Å². The van der Waals surface area contributed by atoms with Crippen LogP contribution >= 0.6 is 23.2 Å². The van der Waals surface area contributed by atoms with Gasteiger partial charge in [-0.1, -0.05) is 23.2 Å². The van der Waals surface area contributed by atoms with Crippen molar-refractivity contribution in [2.45, 2.75) is 6.54 Å². The molecule has 1 aliphatic rings. The standard InChI is InChI=1S/C19H19Cl2N7O/c20-14-1-5-16(6-2-14)22-19(29)27-11-9-26(10-12-27)13-18-23-24-25-28(18)17-7-3-15(21)4-8-17/h1-8H,9-13H2,(H,22,29). The summed E-state index contributed by atoms with van der Waals surface area (Å²) in [6.07, 6.45) is 0. The number of halogens is 2. The van der Waals surface area contributed by atoms with Gasteiger partial charge in [-0.3, -0.25) is 4.90 Å². The molecular weight excluding hydrogens is 413 g/mol. The number of carbonyl (C=O) groups is 1. The lowest BCUT2D eigenvalue weighted by Crippen LogP contribution is -2.49. The SMILES string of the molecule is O=C(Nc1ccc(Cl)cc1)N1CCN(Cc2nnnn2-c2ccc(Cl)cc2)CC1. The first-order valence-electron chi connectivity index (χ1n) is 9.15. The van der Waals surface area contributed by atoms with Gasteiger partial charge in [0.05, 0.1) is 12.2 Å². The zero-order chi connectivity index (χ0) is 20.2. The van der Waals surface area contributed by atoms with Gasteiger partial charge in [-0.05, 0) is 59.0 Å². The molecular formula is C19H19Cl2N7O. The van der Waals surface area contributed by atoms with E-state index in [0.29, 0.717) is 29.7 Å². The van der Waals surface area contributed by atoms with E-state index in [1.807, 2.05) is 12.1 Å². The maximum atomic E-state index is 12.5. The molecule has 0 unspecified atom stereocenters. The number of hydrogen-bond acceptors (Lipinski definition) is 5. The van der Waals surface area contributed by atoms with Gasteiger partial charge in [0.2, 0.25) is 0 Å². The molecule has 0 spiro atoms. The molecule has 8 nitrogen and oxygen atoms in total. The zero-order valence-electron chi connectivity index (χ0n) is 15.5. The molecule has 0 bridgehead atoms. The highest BCUT2D eigenvalue weighted by atomic mass is 35.5. The van der Waals surface area contributed by atoms with Crippen molar-refractivity contribution in [3.05, 3.63) is 64.4 Å². The molecule has 2 amide bonds. The number of amides is 2. The van der Waals surface area contributed by atoms with Gasteiger partial charge in [0.25, 0.3) is 0 Å². The van der Waals surface area contributed by atoms with Crippen LogP contribution in [0.15, 0.2) is 48.5 Å². The summed E-state index contributed by atoms with van der Waals surface area (Å²) >= 11 is 11.8. The third-order valence-corrected chi connectivity index (χ3v) is 5.23. The van der Waals surface area contributed by atoms with Gasteiger partial charge >= 0.3 is 6.03 Å². The lowest BCUT2D eigenvalue weighted by molar-refractivity contribution is 0.140. The molecule has 1 N–H and O–H groups in total. The van der Waals surface area contributed by atoms with Crippen molar-refractivity contribution in [1.82, 2.24) is 30.0 Å². The average molecular weight is 432 g/mol. The van der Waals surface area contributed by atoms with E-state index in [0.717, 1.165) is 30.3 Å². The quantitative estimate of drug-likeness (QED) is 0.685. The Bertz CT molecular complexity index is 967. The highest BCUT2D eigenvalue weighted by Gasteiger charge is 2.23. The van der Waals surface area contributed by atoms with E-state index in [1.165, 1.54) is 0 Å². The molecule has 1 fully saturated rings. The number of tetrazole rings is 1. The molecule has 4 rings (SSSR count). The molecule has 10 heteroatoms. The Kier molecular flexibility index (Phi) is 5.94. The Morgan fingerprint density at radius 3 is 2.21 bits per heavy atom. The molecule has 29 heavy (non-hydrogen) atoms. The van der Waals surface area contributed by atoms with Crippen LogP contribution in [0.1, 0.15) is 5.82 Å². The molecule has 1 saturated heterocycles. The van der Waals surface area contributed by atoms with E-state index >= 15 is 0 Å². The number of anilines is 1. The van der Waals surface area contributed by atoms with Gasteiger partial charge in [-0.15, -0.1) is 5.10 Å². The van der Waals surface area contributed by atoms with Gasteiger partial charge in [0.1, 0.15) is 0 Å². The van der Waals surface area contributed by atoms with Crippen molar-refractivity contribution < 1.29 is 4.79 Å². The van der Waals surface area contributed by atoms with Gasteiger partial charge in [-0.2, -0.15) is 4.68 Å². The molecule has 1 aromatic heterocycles. The van der Waals surface area contributed by atoms with Crippen LogP contribution < -0.4 is 5.32 Å². The number of hydrogen-bond donors (Lipinski definition) is 1. The molecule has 1 aliphatic heterocycles. The lowest BCUT2D eigenvalue weighted by atomic mass is 10.3. The minimum Gasteiger partial charge on any atom is -0.322 e. The van der Waals surface area contributed by atoms with Crippen molar-refractivity contribution in [3.8, 4) is 5.69 Å². The minimum absolute atomic E-state index is 0.113. The van der Waals surface area contributed by atoms with Crippen molar-refractivity contribution in [1.29, 1.82) is 0 Å². The van der Waals surface area contributed by atoms with E-state index in [1.54, 1.807) is 46.0 Å². The van der Waals surface area contributed by atoms with E-state index in [-0.39, 0.29) is 6.03 Å². The fraction of sp³-hybridized carbons (Fsp3) is 0.263. The number of carbonyl (C=O) groups excluding carboxylic acids is 1. The molecule has 150 valence electrons. The molecule has 0 saturated carbocycles. The van der Waals surface area contributed by atoms with Crippen LogP contribution in [0.4, 0.5) is 10.5 Å². The van der Waals surface area contributed by atoms with Crippen LogP contribution in [0, 0.1) is 0 Å². The Morgan fingerprint density at radius 2 is 1.55 bits per heavy atom. The fourth-order valence-electron chi connectivity index (χ4n) is 3.13. The second-order valence-corrected chi connectivity index (χ2v) is 7.56. The maximum Gasteiger partial charge on any atom is 0.321 e. The van der Waals surface area contributed by atoms with Crippen molar-refractivity contribution >= 4 is 34.9 Å². The Labute approximate surface area is 178 Å². The van der Waals surface area contributed by atoms with E-state index < -0.39 is 0 Å². The third-order valence-electron chi connectivity index (χ3n) is 4.73. The summed E-state index contributed by atoms with van der Waals surface area (Å²) in [6, 6.07) is 14.3. The topological polar surface area (TPSA) is 79.2 Å². The predicted molar refractivity (Wildman–Crippen MR) is 111 cm³/mol. The number of nitrogens with zero attached hydrogens (tertiary/aromatic N) is 6. The average Bonchev–Trinajstić information content (AvgIpc) is 3.19. The molecule has 0 atom stereocenters. The van der Waals surface area contributed by atoms with Crippen LogP contribution in [0.25, 0.3) is 5.69 Å². The lowest BCUT2D eigenvalue weighted by Gasteiger charge is -2.34. The fourth-order valence-corrected chi connectivity index (χ4v) is 3.38. The number of aromatic nitrogens is 4. The van der Waals surface area contributed by atoms with Crippen LogP contribution in [-0.4, -0.2) is 62.2 Å². The molecule has 2 aromatic carbocycles. The van der Waals surface area contributed by atoms with Gasteiger partial charge < -0.3 is 10.2 Å². The highest BCUT2D eigenvalue weighted by molar-refractivity contribution is 6.30. The number of benzene rings is 2. The Morgan fingerprint density at radius 1 is 0.931 bits per heavy atom. The first kappa shape index (κ1) is 19.6. The summed E-state index contributed by atoms with van der Waals surface area (Å²) in [5, 5.41) is 16.2. The summed E-state index contributed by atoms with van der Waals surface area (Å²) in [6.45, 7) is 3.33. The second-order valence-electron chi connectivity index (χ2n) is 6.68. The maximum absolute atomic E-state index is 12.5. The summed E-state index contributed by atoms with van der Waals surface area (Å²) < 4.78 is 1.70. The largest absolute Gasteiger partial charge is 0.322 e. The van der Waals surface area contributed by atoms with Crippen LogP contribution in [0.2, 0.25) is 10.0 Å². The van der Waals surface area contributed by atoms with Gasteiger partial charge in [0.15, 0.2) is 5.82 Å². The smallest absolute Gasteiger partial charge is 0.321 e. The van der Waals surface area contributed by atoms with Crippen molar-refractivity contribution in [2.75, 3.05) is 31.5 Å². The first-order valence-corrected chi connectivity index (χ1v) is 9.91. The van der Waals surface area contributed by atoms with E-state index in [9.17, 15) is 4.79 Å². The van der Waals surface area contributed by atoms with E-state index in [4.69, 9.17) is 23.2 Å². The Balaban J connectivity index is 1.32. The summed E-state index contributed by atoms with van der Waals surface area (Å²) in [7, 11) is 0.